The van der Waals surface area contributed by atoms with Gasteiger partial charge >= 0.3 is 0 Å². The number of hydrogen-bond acceptors (Lipinski definition) is 3. The van der Waals surface area contributed by atoms with Crippen molar-refractivity contribution in [1.82, 2.24) is 0 Å². The Kier molecular flexibility index (Phi) is 3.31. The molecule has 1 heterocycles. The first-order valence-electron chi connectivity index (χ1n) is 4.91. The molecule has 1 rings (SSSR count). The maximum absolute atomic E-state index is 9.11. The van der Waals surface area contributed by atoms with E-state index in [4.69, 9.17) is 10.8 Å². The van der Waals surface area contributed by atoms with Crippen LogP contribution in [0.5, 0.6) is 0 Å². The number of hydrogen-bond donors (Lipinski definition) is 2. The fraction of sp³-hybridized carbons (Fsp3) is 1.00. The van der Waals surface area contributed by atoms with Crippen molar-refractivity contribution >= 4 is 11.8 Å². The minimum Gasteiger partial charge on any atom is -0.396 e. The molecular weight excluding hydrogens is 182 g/mol. The average molecular weight is 203 g/mol. The Bertz CT molecular complexity index is 178. The number of nitrogens with two attached hydrogens (primary N) is 1. The second-order valence-electron chi connectivity index (χ2n) is 4.77. The van der Waals surface area contributed by atoms with Crippen LogP contribution in [0.25, 0.3) is 0 Å². The Hall–Kier alpha value is 0.270. The molecule has 0 aromatic carbocycles. The molecule has 1 fully saturated rings. The van der Waals surface area contributed by atoms with Crippen molar-refractivity contribution in [2.75, 3.05) is 18.1 Å². The summed E-state index contributed by atoms with van der Waals surface area (Å²) < 4.78 is 0. The predicted octanol–water partition coefficient (Wildman–Crippen LogP) is 1.48. The van der Waals surface area contributed by atoms with Crippen molar-refractivity contribution in [1.29, 1.82) is 0 Å². The minimum atomic E-state index is -0.182. The monoisotopic (exact) mass is 203 g/mol. The summed E-state index contributed by atoms with van der Waals surface area (Å²) in [4.78, 5) is 0. The molecule has 3 N–H and O–H groups in total. The van der Waals surface area contributed by atoms with Crippen LogP contribution in [0.2, 0.25) is 0 Å². The van der Waals surface area contributed by atoms with Gasteiger partial charge < -0.3 is 10.8 Å². The van der Waals surface area contributed by atoms with Gasteiger partial charge in [-0.25, -0.2) is 0 Å². The van der Waals surface area contributed by atoms with E-state index < -0.39 is 0 Å². The van der Waals surface area contributed by atoms with Crippen molar-refractivity contribution in [2.45, 2.75) is 32.7 Å². The third-order valence-electron chi connectivity index (χ3n) is 3.51. The van der Waals surface area contributed by atoms with E-state index in [2.05, 4.69) is 20.8 Å². The van der Waals surface area contributed by atoms with Crippen LogP contribution in [0.4, 0.5) is 0 Å². The summed E-state index contributed by atoms with van der Waals surface area (Å²) in [7, 11) is 0. The third kappa shape index (κ3) is 1.88. The number of thioether (sulfide) groups is 1. The summed E-state index contributed by atoms with van der Waals surface area (Å²) in [5.41, 5.74) is 6.18. The highest BCUT2D eigenvalue weighted by atomic mass is 32.2. The van der Waals surface area contributed by atoms with Gasteiger partial charge in [0.25, 0.3) is 0 Å². The van der Waals surface area contributed by atoms with Crippen LogP contribution < -0.4 is 5.73 Å². The first kappa shape index (κ1) is 11.3. The topological polar surface area (TPSA) is 46.2 Å². The largest absolute Gasteiger partial charge is 0.396 e. The van der Waals surface area contributed by atoms with E-state index in [0.717, 1.165) is 12.2 Å². The Morgan fingerprint density at radius 3 is 2.54 bits per heavy atom. The van der Waals surface area contributed by atoms with Gasteiger partial charge in [0.05, 0.1) is 0 Å². The van der Waals surface area contributed by atoms with Gasteiger partial charge in [-0.1, -0.05) is 6.92 Å². The molecule has 78 valence electrons. The lowest BCUT2D eigenvalue weighted by Crippen LogP contribution is -2.54. The summed E-state index contributed by atoms with van der Waals surface area (Å²) in [5.74, 6) is 2.89. The molecule has 2 atom stereocenters. The van der Waals surface area contributed by atoms with Crippen LogP contribution in [0, 0.1) is 11.3 Å². The lowest BCUT2D eigenvalue weighted by atomic mass is 9.64. The van der Waals surface area contributed by atoms with Gasteiger partial charge in [-0.05, 0) is 31.9 Å². The quantitative estimate of drug-likeness (QED) is 0.730. The van der Waals surface area contributed by atoms with E-state index in [1.807, 2.05) is 11.8 Å². The zero-order chi connectivity index (χ0) is 10.1. The van der Waals surface area contributed by atoms with Crippen LogP contribution in [-0.2, 0) is 0 Å². The highest BCUT2D eigenvalue weighted by Crippen LogP contribution is 2.49. The molecule has 2 unspecified atom stereocenters. The van der Waals surface area contributed by atoms with E-state index in [0.29, 0.717) is 5.92 Å². The van der Waals surface area contributed by atoms with Gasteiger partial charge in [0.1, 0.15) is 0 Å². The van der Waals surface area contributed by atoms with Gasteiger partial charge in [0, 0.05) is 23.3 Å². The van der Waals surface area contributed by atoms with E-state index in [-0.39, 0.29) is 17.6 Å². The molecule has 2 nitrogen and oxygen atoms in total. The van der Waals surface area contributed by atoms with Crippen molar-refractivity contribution in [2.24, 2.45) is 17.1 Å². The van der Waals surface area contributed by atoms with Gasteiger partial charge in [-0.2, -0.15) is 11.8 Å². The SMILES string of the molecule is CC1CSCC1(CCO)C(C)(C)N. The molecule has 0 aromatic rings. The second-order valence-corrected chi connectivity index (χ2v) is 5.80. The van der Waals surface area contributed by atoms with Crippen molar-refractivity contribution in [3.8, 4) is 0 Å². The van der Waals surface area contributed by atoms with Gasteiger partial charge in [-0.15, -0.1) is 0 Å². The lowest BCUT2D eigenvalue weighted by Gasteiger charge is -2.44. The number of rotatable bonds is 3. The summed E-state index contributed by atoms with van der Waals surface area (Å²) in [6.07, 6.45) is 0.838. The van der Waals surface area contributed by atoms with Crippen LogP contribution >= 0.6 is 11.8 Å². The standard InChI is InChI=1S/C10H21NOS/c1-8-6-13-7-10(8,4-5-12)9(2,3)11/h8,12H,4-7,11H2,1-3H3. The maximum atomic E-state index is 9.11. The molecule has 1 saturated heterocycles. The molecule has 0 bridgehead atoms. The fourth-order valence-electron chi connectivity index (χ4n) is 2.38. The van der Waals surface area contributed by atoms with E-state index in [1.54, 1.807) is 0 Å². The molecule has 0 aliphatic carbocycles. The maximum Gasteiger partial charge on any atom is 0.0437 e. The van der Waals surface area contributed by atoms with Crippen LogP contribution in [0.1, 0.15) is 27.2 Å². The van der Waals surface area contributed by atoms with Gasteiger partial charge in [0.15, 0.2) is 0 Å². The van der Waals surface area contributed by atoms with E-state index in [9.17, 15) is 0 Å². The predicted molar refractivity (Wildman–Crippen MR) is 58.9 cm³/mol. The smallest absolute Gasteiger partial charge is 0.0437 e. The lowest BCUT2D eigenvalue weighted by molar-refractivity contribution is 0.0835. The van der Waals surface area contributed by atoms with Crippen molar-refractivity contribution < 1.29 is 5.11 Å². The van der Waals surface area contributed by atoms with Crippen LogP contribution in [0.3, 0.4) is 0 Å². The Balaban J connectivity index is 2.87. The third-order valence-corrected chi connectivity index (χ3v) is 4.97. The molecule has 0 amide bonds. The molecule has 1 aliphatic heterocycles. The van der Waals surface area contributed by atoms with Crippen molar-refractivity contribution in [3.63, 3.8) is 0 Å². The van der Waals surface area contributed by atoms with Crippen molar-refractivity contribution in [3.05, 3.63) is 0 Å². The first-order chi connectivity index (χ1) is 5.94. The molecule has 0 aromatic heterocycles. The van der Waals surface area contributed by atoms with Gasteiger partial charge in [-0.3, -0.25) is 0 Å². The molecule has 0 radical (unpaired) electrons. The average Bonchev–Trinajstić information content (AvgIpc) is 2.33. The Labute approximate surface area is 85.3 Å². The Morgan fingerprint density at radius 2 is 2.23 bits per heavy atom. The highest BCUT2D eigenvalue weighted by Gasteiger charge is 2.49. The Morgan fingerprint density at radius 1 is 1.62 bits per heavy atom. The second kappa shape index (κ2) is 3.79. The van der Waals surface area contributed by atoms with Gasteiger partial charge in [0.2, 0.25) is 0 Å². The molecule has 3 heteroatoms. The summed E-state index contributed by atoms with van der Waals surface area (Å²) in [5, 5.41) is 9.11. The molecule has 1 aliphatic rings. The fourth-order valence-corrected chi connectivity index (χ4v) is 4.34. The normalized spacial score (nSPS) is 35.3. The van der Waals surface area contributed by atoms with E-state index >= 15 is 0 Å². The highest BCUT2D eigenvalue weighted by molar-refractivity contribution is 7.99. The molecule has 13 heavy (non-hydrogen) atoms. The number of aliphatic hydroxyl groups is 1. The van der Waals surface area contributed by atoms with Crippen LogP contribution in [0.15, 0.2) is 0 Å². The first-order valence-corrected chi connectivity index (χ1v) is 6.07. The number of aliphatic hydroxyl groups excluding tert-OH is 1. The van der Waals surface area contributed by atoms with E-state index in [1.165, 1.54) is 5.75 Å². The summed E-state index contributed by atoms with van der Waals surface area (Å²) in [6, 6.07) is 0. The molecule has 0 saturated carbocycles. The van der Waals surface area contributed by atoms with Crippen LogP contribution in [-0.4, -0.2) is 28.8 Å². The molecule has 0 spiro atoms. The zero-order valence-corrected chi connectivity index (χ0v) is 9.66. The minimum absolute atomic E-state index is 0.131. The summed E-state index contributed by atoms with van der Waals surface area (Å²) >= 11 is 1.96. The zero-order valence-electron chi connectivity index (χ0n) is 8.84. The summed E-state index contributed by atoms with van der Waals surface area (Å²) in [6.45, 7) is 6.69. The molecular formula is C10H21NOS.